The summed E-state index contributed by atoms with van der Waals surface area (Å²) in [6.07, 6.45) is 3.89. The van der Waals surface area contributed by atoms with E-state index in [0.29, 0.717) is 30.7 Å². The topological polar surface area (TPSA) is 104 Å². The van der Waals surface area contributed by atoms with Crippen LogP contribution in [0.2, 0.25) is 0 Å². The number of imidazole rings is 1. The van der Waals surface area contributed by atoms with E-state index in [2.05, 4.69) is 10.3 Å². The van der Waals surface area contributed by atoms with Crippen molar-refractivity contribution in [1.29, 1.82) is 0 Å². The Labute approximate surface area is 142 Å². The summed E-state index contributed by atoms with van der Waals surface area (Å²) in [7, 11) is 2.98. The Balaban J connectivity index is 1.66. The lowest BCUT2D eigenvalue weighted by atomic mass is 10.3. The summed E-state index contributed by atoms with van der Waals surface area (Å²) in [5.41, 5.74) is -0.230. The van der Waals surface area contributed by atoms with E-state index in [-0.39, 0.29) is 12.3 Å². The zero-order valence-corrected chi connectivity index (χ0v) is 14.1. The average Bonchev–Trinajstić information content (AvgIpc) is 3.26. The zero-order chi connectivity index (χ0) is 18.0. The molecular formula is C16H19N5O4. The van der Waals surface area contributed by atoms with E-state index in [4.69, 9.17) is 4.42 Å². The average molecular weight is 345 g/mol. The fraction of sp³-hybridized carbons (Fsp3) is 0.375. The maximum Gasteiger partial charge on any atom is 0.332 e. The molecule has 0 aromatic carbocycles. The van der Waals surface area contributed by atoms with Gasteiger partial charge in [0.15, 0.2) is 11.2 Å². The van der Waals surface area contributed by atoms with E-state index in [1.54, 1.807) is 23.9 Å². The molecule has 0 unspecified atom stereocenters. The van der Waals surface area contributed by atoms with Crippen molar-refractivity contribution in [2.45, 2.75) is 19.4 Å². The Morgan fingerprint density at radius 3 is 2.80 bits per heavy atom. The third-order valence-electron chi connectivity index (χ3n) is 4.07. The Morgan fingerprint density at radius 2 is 2.08 bits per heavy atom. The molecule has 0 spiro atoms. The van der Waals surface area contributed by atoms with Crippen LogP contribution in [-0.4, -0.2) is 31.1 Å². The third-order valence-corrected chi connectivity index (χ3v) is 4.07. The first kappa shape index (κ1) is 16.7. The van der Waals surface area contributed by atoms with E-state index in [9.17, 15) is 14.4 Å². The van der Waals surface area contributed by atoms with Crippen LogP contribution in [0.5, 0.6) is 0 Å². The van der Waals surface area contributed by atoms with Gasteiger partial charge in [-0.25, -0.2) is 9.78 Å². The molecule has 3 aromatic heterocycles. The molecule has 9 nitrogen and oxygen atoms in total. The van der Waals surface area contributed by atoms with Gasteiger partial charge >= 0.3 is 5.69 Å². The number of nitrogens with one attached hydrogen (secondary N) is 1. The fourth-order valence-electron chi connectivity index (χ4n) is 2.66. The van der Waals surface area contributed by atoms with Crippen molar-refractivity contribution < 1.29 is 9.21 Å². The minimum absolute atomic E-state index is 0.130. The number of furan rings is 1. The van der Waals surface area contributed by atoms with Crippen molar-refractivity contribution in [3.05, 3.63) is 51.3 Å². The van der Waals surface area contributed by atoms with Gasteiger partial charge in [-0.3, -0.25) is 18.7 Å². The quantitative estimate of drug-likeness (QED) is 0.665. The van der Waals surface area contributed by atoms with Crippen molar-refractivity contribution in [2.75, 3.05) is 6.54 Å². The van der Waals surface area contributed by atoms with Gasteiger partial charge in [0.2, 0.25) is 5.91 Å². The van der Waals surface area contributed by atoms with Crippen LogP contribution in [0.15, 0.2) is 38.7 Å². The molecule has 0 aliphatic heterocycles. The van der Waals surface area contributed by atoms with Gasteiger partial charge in [0.05, 0.1) is 12.6 Å². The van der Waals surface area contributed by atoms with Gasteiger partial charge in [0.25, 0.3) is 5.56 Å². The molecule has 0 fully saturated rings. The summed E-state index contributed by atoms with van der Waals surface area (Å²) in [6, 6.07) is 3.65. The van der Waals surface area contributed by atoms with Crippen LogP contribution in [-0.2, 0) is 31.9 Å². The molecule has 3 heterocycles. The molecule has 9 heteroatoms. The first-order valence-electron chi connectivity index (χ1n) is 7.89. The lowest BCUT2D eigenvalue weighted by Crippen LogP contribution is -2.37. The summed E-state index contributed by atoms with van der Waals surface area (Å²) in [5, 5.41) is 2.81. The molecule has 0 saturated heterocycles. The van der Waals surface area contributed by atoms with Crippen LogP contribution in [0.3, 0.4) is 0 Å². The van der Waals surface area contributed by atoms with Gasteiger partial charge in [0, 0.05) is 40.0 Å². The number of nitrogens with zero attached hydrogens (tertiary/aromatic N) is 4. The first-order valence-corrected chi connectivity index (χ1v) is 7.89. The van der Waals surface area contributed by atoms with Crippen LogP contribution in [0.25, 0.3) is 11.2 Å². The van der Waals surface area contributed by atoms with E-state index in [1.165, 1.54) is 17.9 Å². The molecule has 3 rings (SSSR count). The van der Waals surface area contributed by atoms with Crippen molar-refractivity contribution in [2.24, 2.45) is 14.1 Å². The molecule has 25 heavy (non-hydrogen) atoms. The molecule has 0 atom stereocenters. The Morgan fingerprint density at radius 1 is 1.28 bits per heavy atom. The Kier molecular flexibility index (Phi) is 4.55. The zero-order valence-electron chi connectivity index (χ0n) is 14.1. The summed E-state index contributed by atoms with van der Waals surface area (Å²) in [6.45, 7) is 0.782. The highest BCUT2D eigenvalue weighted by Gasteiger charge is 2.14. The number of aryl methyl sites for hydroxylation is 2. The molecule has 0 radical (unpaired) electrons. The van der Waals surface area contributed by atoms with E-state index in [1.807, 2.05) is 6.07 Å². The summed E-state index contributed by atoms with van der Waals surface area (Å²) < 4.78 is 9.15. The summed E-state index contributed by atoms with van der Waals surface area (Å²) >= 11 is 0. The van der Waals surface area contributed by atoms with E-state index in [0.717, 1.165) is 10.3 Å². The lowest BCUT2D eigenvalue weighted by molar-refractivity contribution is -0.121. The Bertz CT molecular complexity index is 1010. The van der Waals surface area contributed by atoms with Gasteiger partial charge in [-0.2, -0.15) is 0 Å². The molecule has 1 amide bonds. The molecular weight excluding hydrogens is 326 g/mol. The normalized spacial score (nSPS) is 11.1. The maximum absolute atomic E-state index is 12.3. The summed E-state index contributed by atoms with van der Waals surface area (Å²) in [4.78, 5) is 40.3. The highest BCUT2D eigenvalue weighted by molar-refractivity contribution is 5.76. The highest BCUT2D eigenvalue weighted by atomic mass is 16.3. The fourth-order valence-corrected chi connectivity index (χ4v) is 2.66. The van der Waals surface area contributed by atoms with Crippen molar-refractivity contribution in [3.63, 3.8) is 0 Å². The standard InChI is InChI=1S/C16H19N5O4/c1-19-14-13(15(23)20(2)16(19)24)21(10-18-14)8-6-12(22)17-7-5-11-4-3-9-25-11/h3-4,9-10H,5-8H2,1-2H3,(H,17,22). The first-order chi connectivity index (χ1) is 12.0. The van der Waals surface area contributed by atoms with Gasteiger partial charge in [-0.15, -0.1) is 0 Å². The molecule has 1 N–H and O–H groups in total. The molecule has 0 bridgehead atoms. The number of amides is 1. The monoisotopic (exact) mass is 345 g/mol. The van der Waals surface area contributed by atoms with Crippen molar-refractivity contribution in [1.82, 2.24) is 24.0 Å². The number of hydrogen-bond donors (Lipinski definition) is 1. The third kappa shape index (κ3) is 3.25. The van der Waals surface area contributed by atoms with Crippen molar-refractivity contribution in [3.8, 4) is 0 Å². The number of hydrogen-bond acceptors (Lipinski definition) is 5. The van der Waals surface area contributed by atoms with Gasteiger partial charge in [-0.05, 0) is 12.1 Å². The number of rotatable bonds is 6. The molecule has 132 valence electrons. The van der Waals surface area contributed by atoms with Crippen LogP contribution in [0, 0.1) is 0 Å². The van der Waals surface area contributed by atoms with Crippen LogP contribution >= 0.6 is 0 Å². The lowest BCUT2D eigenvalue weighted by Gasteiger charge is -2.07. The number of carbonyl (C=O) groups is 1. The van der Waals surface area contributed by atoms with E-state index >= 15 is 0 Å². The molecule has 0 aliphatic rings. The minimum atomic E-state index is -0.432. The SMILES string of the molecule is Cn1c(=O)c2c(ncn2CCC(=O)NCCc2ccco2)n(C)c1=O. The van der Waals surface area contributed by atoms with Gasteiger partial charge in [0.1, 0.15) is 5.76 Å². The molecule has 0 saturated carbocycles. The summed E-state index contributed by atoms with van der Waals surface area (Å²) in [5.74, 6) is 0.681. The molecule has 0 aliphatic carbocycles. The largest absolute Gasteiger partial charge is 0.469 e. The van der Waals surface area contributed by atoms with Crippen LogP contribution in [0.4, 0.5) is 0 Å². The van der Waals surface area contributed by atoms with Crippen LogP contribution in [0.1, 0.15) is 12.2 Å². The second-order valence-electron chi connectivity index (χ2n) is 5.75. The smallest absolute Gasteiger partial charge is 0.332 e. The Hall–Kier alpha value is -3.10. The molecule has 3 aromatic rings. The predicted octanol–water partition coefficient (Wildman–Crippen LogP) is -0.224. The van der Waals surface area contributed by atoms with Gasteiger partial charge in [-0.1, -0.05) is 0 Å². The highest BCUT2D eigenvalue weighted by Crippen LogP contribution is 2.06. The number of aromatic nitrogens is 4. The second kappa shape index (κ2) is 6.80. The minimum Gasteiger partial charge on any atom is -0.469 e. The van der Waals surface area contributed by atoms with Gasteiger partial charge < -0.3 is 14.3 Å². The number of carbonyl (C=O) groups excluding carboxylic acids is 1. The predicted molar refractivity (Wildman–Crippen MR) is 90.3 cm³/mol. The second-order valence-corrected chi connectivity index (χ2v) is 5.75. The van der Waals surface area contributed by atoms with Crippen LogP contribution < -0.4 is 16.6 Å². The maximum atomic E-state index is 12.3. The number of fused-ring (bicyclic) bond motifs is 1. The van der Waals surface area contributed by atoms with E-state index < -0.39 is 11.2 Å². The van der Waals surface area contributed by atoms with Crippen molar-refractivity contribution >= 4 is 17.1 Å².